The average Bonchev–Trinajstić information content (AvgIpc) is 2.62. The fourth-order valence-electron chi connectivity index (χ4n) is 2.23. The third-order valence-electron chi connectivity index (χ3n) is 3.14. The van der Waals surface area contributed by atoms with E-state index in [9.17, 15) is 0 Å². The van der Waals surface area contributed by atoms with Crippen LogP contribution in [0, 0.1) is 13.8 Å². The molecule has 2 heterocycles. The van der Waals surface area contributed by atoms with E-state index in [-0.39, 0.29) is 6.04 Å². The Morgan fingerprint density at radius 3 is 2.61 bits per heavy atom. The van der Waals surface area contributed by atoms with E-state index in [1.807, 2.05) is 18.7 Å². The number of aryl methyl sites for hydroxylation is 2. The number of hydrogen-bond acceptors (Lipinski definition) is 4. The van der Waals surface area contributed by atoms with Crippen LogP contribution in [0.5, 0.6) is 0 Å². The van der Waals surface area contributed by atoms with Gasteiger partial charge in [-0.25, -0.2) is 0 Å². The lowest BCUT2D eigenvalue weighted by atomic mass is 10.0. The summed E-state index contributed by atoms with van der Waals surface area (Å²) in [5, 5.41) is 7.92. The molecule has 0 saturated carbocycles. The van der Waals surface area contributed by atoms with Gasteiger partial charge in [-0.3, -0.25) is 14.6 Å². The van der Waals surface area contributed by atoms with Crippen molar-refractivity contribution in [2.24, 2.45) is 7.05 Å². The van der Waals surface area contributed by atoms with Gasteiger partial charge in [-0.1, -0.05) is 6.92 Å². The monoisotopic (exact) mass is 245 g/mol. The third-order valence-corrected chi connectivity index (χ3v) is 3.14. The van der Waals surface area contributed by atoms with Gasteiger partial charge in [0.1, 0.15) is 0 Å². The minimum atomic E-state index is 0.0531. The van der Waals surface area contributed by atoms with Gasteiger partial charge >= 0.3 is 0 Å². The summed E-state index contributed by atoms with van der Waals surface area (Å²) in [6, 6.07) is 0.0531. The van der Waals surface area contributed by atoms with Crippen molar-refractivity contribution in [3.8, 4) is 0 Å². The summed E-state index contributed by atoms with van der Waals surface area (Å²) in [5.41, 5.74) is 4.31. The molecular weight excluding hydrogens is 226 g/mol. The van der Waals surface area contributed by atoms with E-state index in [4.69, 9.17) is 0 Å². The predicted molar refractivity (Wildman–Crippen MR) is 70.2 cm³/mol. The molecule has 0 spiro atoms. The molecule has 2 aromatic rings. The Morgan fingerprint density at radius 2 is 2.11 bits per heavy atom. The van der Waals surface area contributed by atoms with Gasteiger partial charge in [0.25, 0.3) is 0 Å². The van der Waals surface area contributed by atoms with Crippen molar-refractivity contribution in [3.63, 3.8) is 0 Å². The van der Waals surface area contributed by atoms with Crippen molar-refractivity contribution in [3.05, 3.63) is 41.2 Å². The second-order valence-corrected chi connectivity index (χ2v) is 4.33. The van der Waals surface area contributed by atoms with Crippen LogP contribution >= 0.6 is 0 Å². The normalized spacial score (nSPS) is 12.7. The molecule has 2 rings (SSSR count). The van der Waals surface area contributed by atoms with Crippen LogP contribution in [0.4, 0.5) is 0 Å². The molecule has 0 bridgehead atoms. The minimum absolute atomic E-state index is 0.0531. The molecule has 18 heavy (non-hydrogen) atoms. The van der Waals surface area contributed by atoms with Crippen LogP contribution in [0.25, 0.3) is 0 Å². The Kier molecular flexibility index (Phi) is 3.72. The Labute approximate surface area is 107 Å². The fraction of sp³-hybridized carbons (Fsp3) is 0.462. The van der Waals surface area contributed by atoms with Gasteiger partial charge in [0.15, 0.2) is 0 Å². The highest BCUT2D eigenvalue weighted by molar-refractivity contribution is 5.33. The molecule has 0 aliphatic rings. The first kappa shape index (κ1) is 12.7. The van der Waals surface area contributed by atoms with E-state index in [2.05, 4.69) is 34.2 Å². The Bertz CT molecular complexity index is 518. The van der Waals surface area contributed by atoms with Gasteiger partial charge < -0.3 is 5.32 Å². The molecule has 0 aromatic carbocycles. The molecule has 2 aromatic heterocycles. The summed E-state index contributed by atoms with van der Waals surface area (Å²) < 4.78 is 1.91. The van der Waals surface area contributed by atoms with Crippen LogP contribution in [0.15, 0.2) is 18.6 Å². The number of rotatable bonds is 4. The molecule has 1 unspecified atom stereocenters. The number of aromatic nitrogens is 4. The SMILES string of the molecule is CCNC(c1cnccn1)c1c(C)nn(C)c1C. The zero-order chi connectivity index (χ0) is 13.1. The number of nitrogens with one attached hydrogen (secondary N) is 1. The first-order valence-corrected chi connectivity index (χ1v) is 6.14. The molecule has 5 nitrogen and oxygen atoms in total. The second kappa shape index (κ2) is 5.27. The Morgan fingerprint density at radius 1 is 1.33 bits per heavy atom. The van der Waals surface area contributed by atoms with Crippen LogP contribution in [-0.2, 0) is 7.05 Å². The van der Waals surface area contributed by atoms with Crippen molar-refractivity contribution in [1.29, 1.82) is 0 Å². The topological polar surface area (TPSA) is 55.6 Å². The summed E-state index contributed by atoms with van der Waals surface area (Å²) in [4.78, 5) is 8.55. The van der Waals surface area contributed by atoms with Crippen molar-refractivity contribution in [2.75, 3.05) is 6.54 Å². The molecule has 0 aliphatic heterocycles. The maximum atomic E-state index is 4.47. The fourth-order valence-corrected chi connectivity index (χ4v) is 2.23. The van der Waals surface area contributed by atoms with E-state index in [0.29, 0.717) is 0 Å². The van der Waals surface area contributed by atoms with Crippen molar-refractivity contribution >= 4 is 0 Å². The molecule has 96 valence electrons. The molecule has 5 heteroatoms. The lowest BCUT2D eigenvalue weighted by molar-refractivity contribution is 0.605. The third kappa shape index (κ3) is 2.26. The summed E-state index contributed by atoms with van der Waals surface area (Å²) in [5.74, 6) is 0. The van der Waals surface area contributed by atoms with Gasteiger partial charge in [0.05, 0.1) is 23.6 Å². The van der Waals surface area contributed by atoms with Gasteiger partial charge in [0.2, 0.25) is 0 Å². The first-order chi connectivity index (χ1) is 8.65. The average molecular weight is 245 g/mol. The summed E-state index contributed by atoms with van der Waals surface area (Å²) in [6.45, 7) is 7.07. The lowest BCUT2D eigenvalue weighted by Crippen LogP contribution is -2.24. The Balaban J connectivity index is 2.48. The zero-order valence-electron chi connectivity index (χ0n) is 11.3. The molecule has 0 aliphatic carbocycles. The van der Waals surface area contributed by atoms with Gasteiger partial charge in [-0.05, 0) is 20.4 Å². The molecule has 1 N–H and O–H groups in total. The van der Waals surface area contributed by atoms with E-state index in [1.54, 1.807) is 18.6 Å². The van der Waals surface area contributed by atoms with E-state index < -0.39 is 0 Å². The lowest BCUT2D eigenvalue weighted by Gasteiger charge is -2.17. The molecular formula is C13H19N5. The number of nitrogens with zero attached hydrogens (tertiary/aromatic N) is 4. The van der Waals surface area contributed by atoms with Crippen LogP contribution in [0.2, 0.25) is 0 Å². The summed E-state index contributed by atoms with van der Waals surface area (Å²) in [6.07, 6.45) is 5.22. The van der Waals surface area contributed by atoms with Gasteiger partial charge in [0, 0.05) is 30.7 Å². The first-order valence-electron chi connectivity index (χ1n) is 6.14. The largest absolute Gasteiger partial charge is 0.305 e. The minimum Gasteiger partial charge on any atom is -0.305 e. The quantitative estimate of drug-likeness (QED) is 0.887. The molecule has 0 radical (unpaired) electrons. The van der Waals surface area contributed by atoms with Crippen LogP contribution in [-0.4, -0.2) is 26.3 Å². The van der Waals surface area contributed by atoms with Crippen LogP contribution in [0.1, 0.15) is 35.6 Å². The number of hydrogen-bond donors (Lipinski definition) is 1. The summed E-state index contributed by atoms with van der Waals surface area (Å²) in [7, 11) is 1.96. The summed E-state index contributed by atoms with van der Waals surface area (Å²) >= 11 is 0. The molecule has 0 amide bonds. The second-order valence-electron chi connectivity index (χ2n) is 4.33. The van der Waals surface area contributed by atoms with Crippen molar-refractivity contribution in [2.45, 2.75) is 26.8 Å². The van der Waals surface area contributed by atoms with Gasteiger partial charge in [-0.15, -0.1) is 0 Å². The van der Waals surface area contributed by atoms with Gasteiger partial charge in [-0.2, -0.15) is 5.10 Å². The molecule has 1 atom stereocenters. The Hall–Kier alpha value is -1.75. The highest BCUT2D eigenvalue weighted by Gasteiger charge is 2.22. The maximum Gasteiger partial charge on any atom is 0.0803 e. The molecule has 0 fully saturated rings. The maximum absolute atomic E-state index is 4.47. The highest BCUT2D eigenvalue weighted by Crippen LogP contribution is 2.25. The van der Waals surface area contributed by atoms with Crippen LogP contribution < -0.4 is 5.32 Å². The van der Waals surface area contributed by atoms with E-state index >= 15 is 0 Å². The van der Waals surface area contributed by atoms with Crippen molar-refractivity contribution in [1.82, 2.24) is 25.1 Å². The van der Waals surface area contributed by atoms with Crippen LogP contribution in [0.3, 0.4) is 0 Å². The van der Waals surface area contributed by atoms with Crippen molar-refractivity contribution < 1.29 is 0 Å². The van der Waals surface area contributed by atoms with E-state index in [0.717, 1.165) is 23.6 Å². The standard InChI is InChI=1S/C13H19N5/c1-5-15-13(11-8-14-6-7-16-11)12-9(2)17-18(4)10(12)3/h6-8,13,15H,5H2,1-4H3. The predicted octanol–water partition coefficient (Wildman–Crippen LogP) is 1.53. The smallest absolute Gasteiger partial charge is 0.0803 e. The zero-order valence-corrected chi connectivity index (χ0v) is 11.3. The van der Waals surface area contributed by atoms with E-state index in [1.165, 1.54) is 5.56 Å². The highest BCUT2D eigenvalue weighted by atomic mass is 15.3. The molecule has 0 saturated heterocycles.